The monoisotopic (exact) mass is 223 g/mol. The SMILES string of the molecule is Cc1cccc(CNC(CO)C(C)C)c1O. The number of phenols is 1. The van der Waals surface area contributed by atoms with Crippen molar-refractivity contribution in [3.63, 3.8) is 0 Å². The van der Waals surface area contributed by atoms with Gasteiger partial charge in [-0.1, -0.05) is 32.0 Å². The summed E-state index contributed by atoms with van der Waals surface area (Å²) in [5.41, 5.74) is 1.75. The van der Waals surface area contributed by atoms with Gasteiger partial charge in [0.15, 0.2) is 0 Å². The summed E-state index contributed by atoms with van der Waals surface area (Å²) in [7, 11) is 0. The molecule has 90 valence electrons. The zero-order valence-electron chi connectivity index (χ0n) is 10.2. The van der Waals surface area contributed by atoms with E-state index in [2.05, 4.69) is 19.2 Å². The lowest BCUT2D eigenvalue weighted by Gasteiger charge is -2.20. The van der Waals surface area contributed by atoms with Gasteiger partial charge in [-0.05, 0) is 18.4 Å². The van der Waals surface area contributed by atoms with Crippen LogP contribution in [-0.4, -0.2) is 22.9 Å². The molecule has 1 unspecified atom stereocenters. The highest BCUT2D eigenvalue weighted by molar-refractivity contribution is 5.39. The van der Waals surface area contributed by atoms with E-state index in [1.807, 2.05) is 25.1 Å². The average molecular weight is 223 g/mol. The number of nitrogens with one attached hydrogen (secondary N) is 1. The number of aliphatic hydroxyl groups excluding tert-OH is 1. The van der Waals surface area contributed by atoms with Gasteiger partial charge < -0.3 is 15.5 Å². The van der Waals surface area contributed by atoms with Crippen LogP contribution in [0, 0.1) is 12.8 Å². The Morgan fingerprint density at radius 1 is 1.31 bits per heavy atom. The maximum atomic E-state index is 9.82. The summed E-state index contributed by atoms with van der Waals surface area (Å²) < 4.78 is 0. The number of rotatable bonds is 5. The Morgan fingerprint density at radius 2 is 2.00 bits per heavy atom. The topological polar surface area (TPSA) is 52.5 Å². The highest BCUT2D eigenvalue weighted by Crippen LogP contribution is 2.21. The van der Waals surface area contributed by atoms with Gasteiger partial charge in [-0.15, -0.1) is 0 Å². The van der Waals surface area contributed by atoms with Crippen molar-refractivity contribution in [1.29, 1.82) is 0 Å². The summed E-state index contributed by atoms with van der Waals surface area (Å²) in [5, 5.41) is 22.2. The molecule has 0 spiro atoms. The third kappa shape index (κ3) is 3.22. The Bertz CT molecular complexity index is 337. The smallest absolute Gasteiger partial charge is 0.122 e. The minimum absolute atomic E-state index is 0.0694. The predicted molar refractivity (Wildman–Crippen MR) is 65.4 cm³/mol. The third-order valence-electron chi connectivity index (χ3n) is 2.88. The van der Waals surface area contributed by atoms with Crippen molar-refractivity contribution >= 4 is 0 Å². The first-order valence-corrected chi connectivity index (χ1v) is 5.68. The molecule has 0 radical (unpaired) electrons. The van der Waals surface area contributed by atoms with Gasteiger partial charge in [0.05, 0.1) is 6.61 Å². The molecule has 0 fully saturated rings. The maximum Gasteiger partial charge on any atom is 0.122 e. The molecule has 1 rings (SSSR count). The van der Waals surface area contributed by atoms with Crippen LogP contribution >= 0.6 is 0 Å². The fourth-order valence-corrected chi connectivity index (χ4v) is 1.61. The number of hydrogen-bond donors (Lipinski definition) is 3. The third-order valence-corrected chi connectivity index (χ3v) is 2.88. The van der Waals surface area contributed by atoms with Crippen molar-refractivity contribution in [2.45, 2.75) is 33.4 Å². The molecule has 1 aromatic rings. The van der Waals surface area contributed by atoms with Crippen molar-refractivity contribution in [2.24, 2.45) is 5.92 Å². The Labute approximate surface area is 97.1 Å². The molecule has 3 nitrogen and oxygen atoms in total. The minimum atomic E-state index is 0.0694. The molecule has 0 heterocycles. The number of aliphatic hydroxyl groups is 1. The highest BCUT2D eigenvalue weighted by Gasteiger charge is 2.12. The second kappa shape index (κ2) is 5.87. The molecule has 0 amide bonds. The zero-order valence-corrected chi connectivity index (χ0v) is 10.2. The predicted octanol–water partition coefficient (Wildman–Crippen LogP) is 1.81. The number of para-hydroxylation sites is 1. The zero-order chi connectivity index (χ0) is 12.1. The Balaban J connectivity index is 2.64. The summed E-state index contributed by atoms with van der Waals surface area (Å²) in [4.78, 5) is 0. The van der Waals surface area contributed by atoms with Crippen LogP contribution in [0.4, 0.5) is 0 Å². The van der Waals surface area contributed by atoms with E-state index < -0.39 is 0 Å². The van der Waals surface area contributed by atoms with Gasteiger partial charge in [-0.25, -0.2) is 0 Å². The number of benzene rings is 1. The summed E-state index contributed by atoms with van der Waals surface area (Å²) in [5.74, 6) is 0.715. The quantitative estimate of drug-likeness (QED) is 0.713. The Kier molecular flexibility index (Phi) is 4.77. The van der Waals surface area contributed by atoms with Gasteiger partial charge in [-0.3, -0.25) is 0 Å². The lowest BCUT2D eigenvalue weighted by molar-refractivity contribution is 0.209. The van der Waals surface area contributed by atoms with Gasteiger partial charge >= 0.3 is 0 Å². The fraction of sp³-hybridized carbons (Fsp3) is 0.538. The van der Waals surface area contributed by atoms with Crippen LogP contribution in [0.25, 0.3) is 0 Å². The fourth-order valence-electron chi connectivity index (χ4n) is 1.61. The average Bonchev–Trinajstić information content (AvgIpc) is 2.24. The molecule has 0 aliphatic heterocycles. The molecule has 0 aliphatic carbocycles. The van der Waals surface area contributed by atoms with Crippen LogP contribution in [0.2, 0.25) is 0 Å². The van der Waals surface area contributed by atoms with Crippen LogP contribution in [0.3, 0.4) is 0 Å². The van der Waals surface area contributed by atoms with E-state index in [0.29, 0.717) is 18.2 Å². The second-order valence-corrected chi connectivity index (χ2v) is 4.50. The van der Waals surface area contributed by atoms with Crippen LogP contribution in [0.15, 0.2) is 18.2 Å². The first kappa shape index (κ1) is 13.0. The Hall–Kier alpha value is -1.06. The van der Waals surface area contributed by atoms with Gasteiger partial charge in [0.25, 0.3) is 0 Å². The number of aromatic hydroxyl groups is 1. The number of phenolic OH excluding ortho intramolecular Hbond substituents is 1. The maximum absolute atomic E-state index is 9.82. The molecule has 3 heteroatoms. The van der Waals surface area contributed by atoms with Crippen molar-refractivity contribution in [2.75, 3.05) is 6.61 Å². The van der Waals surface area contributed by atoms with E-state index in [0.717, 1.165) is 11.1 Å². The molecule has 1 atom stereocenters. The van der Waals surface area contributed by atoms with Gasteiger partial charge in [0.1, 0.15) is 5.75 Å². The van der Waals surface area contributed by atoms with Crippen molar-refractivity contribution in [3.8, 4) is 5.75 Å². The van der Waals surface area contributed by atoms with E-state index >= 15 is 0 Å². The lowest BCUT2D eigenvalue weighted by atomic mass is 10.0. The van der Waals surface area contributed by atoms with Crippen LogP contribution in [0.5, 0.6) is 5.75 Å². The minimum Gasteiger partial charge on any atom is -0.507 e. The molecule has 0 aliphatic rings. The number of hydrogen-bond acceptors (Lipinski definition) is 3. The van der Waals surface area contributed by atoms with Gasteiger partial charge in [0.2, 0.25) is 0 Å². The van der Waals surface area contributed by atoms with Crippen molar-refractivity contribution < 1.29 is 10.2 Å². The molecule has 1 aromatic carbocycles. The van der Waals surface area contributed by atoms with Crippen LogP contribution in [0.1, 0.15) is 25.0 Å². The summed E-state index contributed by atoms with van der Waals surface area (Å²) in [6.07, 6.45) is 0. The summed E-state index contributed by atoms with van der Waals surface area (Å²) in [6.45, 7) is 6.69. The van der Waals surface area contributed by atoms with E-state index in [9.17, 15) is 10.2 Å². The van der Waals surface area contributed by atoms with E-state index in [1.54, 1.807) is 0 Å². The van der Waals surface area contributed by atoms with Gasteiger partial charge in [-0.2, -0.15) is 0 Å². The molecule has 3 N–H and O–H groups in total. The van der Waals surface area contributed by atoms with E-state index in [-0.39, 0.29) is 12.6 Å². The first-order valence-electron chi connectivity index (χ1n) is 5.68. The van der Waals surface area contributed by atoms with Gasteiger partial charge in [0, 0.05) is 18.2 Å². The van der Waals surface area contributed by atoms with Crippen molar-refractivity contribution in [1.82, 2.24) is 5.32 Å². The van der Waals surface area contributed by atoms with Crippen molar-refractivity contribution in [3.05, 3.63) is 29.3 Å². The van der Waals surface area contributed by atoms with E-state index in [4.69, 9.17) is 0 Å². The normalized spacial score (nSPS) is 13.1. The molecule has 0 aromatic heterocycles. The van der Waals surface area contributed by atoms with Crippen LogP contribution in [-0.2, 0) is 6.54 Å². The molecule has 0 bridgehead atoms. The van der Waals surface area contributed by atoms with E-state index in [1.165, 1.54) is 0 Å². The molecule has 0 saturated carbocycles. The molecule has 16 heavy (non-hydrogen) atoms. The summed E-state index contributed by atoms with van der Waals surface area (Å²) >= 11 is 0. The lowest BCUT2D eigenvalue weighted by Crippen LogP contribution is -2.36. The second-order valence-electron chi connectivity index (χ2n) is 4.50. The largest absolute Gasteiger partial charge is 0.507 e. The highest BCUT2D eigenvalue weighted by atomic mass is 16.3. The van der Waals surface area contributed by atoms with Crippen LogP contribution < -0.4 is 5.32 Å². The molecule has 0 saturated heterocycles. The summed E-state index contributed by atoms with van der Waals surface area (Å²) in [6, 6.07) is 5.77. The standard InChI is InChI=1S/C13H21NO2/c1-9(2)12(8-15)14-7-11-6-4-5-10(3)13(11)16/h4-6,9,12,14-16H,7-8H2,1-3H3. The Morgan fingerprint density at radius 3 is 2.56 bits per heavy atom. The molecular formula is C13H21NO2. The first-order chi connectivity index (χ1) is 7.56. The molecular weight excluding hydrogens is 202 g/mol. The number of aryl methyl sites for hydroxylation is 1.